The van der Waals surface area contributed by atoms with Crippen LogP contribution in [-0.4, -0.2) is 17.0 Å². The predicted octanol–water partition coefficient (Wildman–Crippen LogP) is 3.31. The normalized spacial score (nSPS) is 32.5. The first-order valence-corrected chi connectivity index (χ1v) is 8.66. The minimum atomic E-state index is -0.400. The molecule has 1 heterocycles. The Kier molecular flexibility index (Phi) is 4.13. The molecule has 1 aliphatic heterocycles. The Morgan fingerprint density at radius 1 is 1.26 bits per heavy atom. The second kappa shape index (κ2) is 5.82. The number of amides is 1. The van der Waals surface area contributed by atoms with Crippen molar-refractivity contribution in [3.05, 3.63) is 29.8 Å². The molecule has 1 aliphatic carbocycles. The van der Waals surface area contributed by atoms with Gasteiger partial charge < -0.3 is 15.8 Å². The number of hydrogen-bond donors (Lipinski definition) is 2. The molecule has 4 nitrogen and oxygen atoms in total. The van der Waals surface area contributed by atoms with E-state index in [4.69, 9.17) is 10.5 Å². The number of ether oxygens (including phenoxy) is 1. The summed E-state index contributed by atoms with van der Waals surface area (Å²) in [4.78, 5) is 12.9. The number of benzene rings is 1. The molecule has 0 radical (unpaired) electrons. The summed E-state index contributed by atoms with van der Waals surface area (Å²) in [7, 11) is 0. The van der Waals surface area contributed by atoms with Crippen LogP contribution in [0.4, 0.5) is 0 Å². The molecule has 3 unspecified atom stereocenters. The third-order valence-electron chi connectivity index (χ3n) is 5.26. The third-order valence-corrected chi connectivity index (χ3v) is 5.26. The minimum absolute atomic E-state index is 0.0137. The lowest BCUT2D eigenvalue weighted by atomic mass is 9.74. The van der Waals surface area contributed by atoms with Crippen molar-refractivity contribution in [1.82, 2.24) is 5.32 Å². The van der Waals surface area contributed by atoms with E-state index in [0.29, 0.717) is 0 Å². The number of hydrogen-bond acceptors (Lipinski definition) is 3. The summed E-state index contributed by atoms with van der Waals surface area (Å²) in [5.41, 5.74) is 6.77. The summed E-state index contributed by atoms with van der Waals surface area (Å²) < 4.78 is 6.04. The molecule has 0 aromatic heterocycles. The molecule has 126 valence electrons. The molecule has 1 saturated carbocycles. The standard InChI is InChI=1S/C19H28N2O2/c1-18(2)12-15(13-8-4-5-10-16(13)23-18)21-17(22)14-9-6-7-11-19(14,3)20/h4-5,8,10,14-15H,6-7,9,11-12,20H2,1-3H3,(H,21,22). The van der Waals surface area contributed by atoms with Crippen molar-refractivity contribution in [2.45, 2.75) is 70.1 Å². The van der Waals surface area contributed by atoms with Gasteiger partial charge in [0.1, 0.15) is 11.4 Å². The highest BCUT2D eigenvalue weighted by atomic mass is 16.5. The number of nitrogens with two attached hydrogens (primary N) is 1. The Balaban J connectivity index is 1.80. The smallest absolute Gasteiger partial charge is 0.225 e. The van der Waals surface area contributed by atoms with Crippen molar-refractivity contribution >= 4 is 5.91 Å². The van der Waals surface area contributed by atoms with E-state index in [0.717, 1.165) is 43.4 Å². The van der Waals surface area contributed by atoms with Crippen molar-refractivity contribution in [2.75, 3.05) is 0 Å². The van der Waals surface area contributed by atoms with Crippen LogP contribution in [0.25, 0.3) is 0 Å². The maximum Gasteiger partial charge on any atom is 0.225 e. The van der Waals surface area contributed by atoms with Crippen LogP contribution in [-0.2, 0) is 4.79 Å². The van der Waals surface area contributed by atoms with Crippen LogP contribution in [0.3, 0.4) is 0 Å². The second-order valence-electron chi connectivity index (χ2n) is 7.97. The largest absolute Gasteiger partial charge is 0.487 e. The van der Waals surface area contributed by atoms with Crippen LogP contribution in [0, 0.1) is 5.92 Å². The highest BCUT2D eigenvalue weighted by Crippen LogP contribution is 2.40. The number of para-hydroxylation sites is 1. The minimum Gasteiger partial charge on any atom is -0.487 e. The van der Waals surface area contributed by atoms with Gasteiger partial charge in [-0.05, 0) is 39.7 Å². The average molecular weight is 316 g/mol. The Labute approximate surface area is 138 Å². The monoisotopic (exact) mass is 316 g/mol. The van der Waals surface area contributed by atoms with Gasteiger partial charge in [-0.25, -0.2) is 0 Å². The van der Waals surface area contributed by atoms with Gasteiger partial charge >= 0.3 is 0 Å². The van der Waals surface area contributed by atoms with Gasteiger partial charge in [0.25, 0.3) is 0 Å². The topological polar surface area (TPSA) is 64.4 Å². The number of fused-ring (bicyclic) bond motifs is 1. The van der Waals surface area contributed by atoms with E-state index in [2.05, 4.69) is 19.2 Å². The molecule has 1 aromatic carbocycles. The molecule has 0 spiro atoms. The molecule has 4 heteroatoms. The number of carbonyl (C=O) groups is 1. The summed E-state index contributed by atoms with van der Waals surface area (Å²) in [6.07, 6.45) is 4.77. The molecule has 3 atom stereocenters. The van der Waals surface area contributed by atoms with Crippen LogP contribution in [0.5, 0.6) is 5.75 Å². The second-order valence-corrected chi connectivity index (χ2v) is 7.97. The average Bonchev–Trinajstić information content (AvgIpc) is 2.45. The molecule has 1 aromatic rings. The van der Waals surface area contributed by atoms with Crippen LogP contribution in [0.1, 0.15) is 64.5 Å². The molecule has 3 N–H and O–H groups in total. The van der Waals surface area contributed by atoms with Gasteiger partial charge in [-0.15, -0.1) is 0 Å². The summed E-state index contributed by atoms with van der Waals surface area (Å²) >= 11 is 0. The fourth-order valence-corrected chi connectivity index (χ4v) is 3.99. The molecule has 2 aliphatic rings. The number of rotatable bonds is 2. The van der Waals surface area contributed by atoms with Crippen LogP contribution in [0.15, 0.2) is 24.3 Å². The lowest BCUT2D eigenvalue weighted by Gasteiger charge is -2.41. The van der Waals surface area contributed by atoms with E-state index >= 15 is 0 Å². The van der Waals surface area contributed by atoms with Crippen LogP contribution >= 0.6 is 0 Å². The zero-order valence-electron chi connectivity index (χ0n) is 14.4. The Morgan fingerprint density at radius 2 is 2.00 bits per heavy atom. The molecule has 0 saturated heterocycles. The van der Waals surface area contributed by atoms with Crippen molar-refractivity contribution in [2.24, 2.45) is 11.7 Å². The highest BCUT2D eigenvalue weighted by molar-refractivity contribution is 5.80. The van der Waals surface area contributed by atoms with E-state index in [1.54, 1.807) is 0 Å². The zero-order valence-corrected chi connectivity index (χ0v) is 14.4. The molecule has 1 amide bonds. The predicted molar refractivity (Wildman–Crippen MR) is 91.2 cm³/mol. The Hall–Kier alpha value is -1.55. The zero-order chi connectivity index (χ0) is 16.7. The van der Waals surface area contributed by atoms with E-state index in [9.17, 15) is 4.79 Å². The highest BCUT2D eigenvalue weighted by Gasteiger charge is 2.40. The van der Waals surface area contributed by atoms with Crippen molar-refractivity contribution in [1.29, 1.82) is 0 Å². The molecule has 23 heavy (non-hydrogen) atoms. The number of carbonyl (C=O) groups excluding carboxylic acids is 1. The van der Waals surface area contributed by atoms with Gasteiger partial charge in [0, 0.05) is 17.5 Å². The Morgan fingerprint density at radius 3 is 2.74 bits per heavy atom. The lowest BCUT2D eigenvalue weighted by Crippen LogP contribution is -2.54. The van der Waals surface area contributed by atoms with Crippen LogP contribution in [0.2, 0.25) is 0 Å². The van der Waals surface area contributed by atoms with E-state index < -0.39 is 5.54 Å². The quantitative estimate of drug-likeness (QED) is 0.880. The molecule has 0 bridgehead atoms. The first-order chi connectivity index (χ1) is 10.8. The fraction of sp³-hybridized carbons (Fsp3) is 0.632. The first-order valence-electron chi connectivity index (χ1n) is 8.66. The Bertz CT molecular complexity index is 595. The summed E-state index contributed by atoms with van der Waals surface area (Å²) in [5, 5.41) is 3.26. The van der Waals surface area contributed by atoms with Gasteiger partial charge in [-0.2, -0.15) is 0 Å². The van der Waals surface area contributed by atoms with Crippen molar-refractivity contribution in [3.8, 4) is 5.75 Å². The summed E-state index contributed by atoms with van der Waals surface area (Å²) in [6, 6.07) is 7.96. The molecular weight excluding hydrogens is 288 g/mol. The van der Waals surface area contributed by atoms with Gasteiger partial charge in [0.05, 0.1) is 12.0 Å². The molecule has 1 fully saturated rings. The van der Waals surface area contributed by atoms with Crippen LogP contribution < -0.4 is 15.8 Å². The SMILES string of the molecule is CC1(C)CC(NC(=O)C2CCCCC2(C)N)c2ccccc2O1. The first kappa shape index (κ1) is 16.3. The third kappa shape index (κ3) is 3.37. The summed E-state index contributed by atoms with van der Waals surface area (Å²) in [5.74, 6) is 0.856. The summed E-state index contributed by atoms with van der Waals surface area (Å²) in [6.45, 7) is 6.14. The van der Waals surface area contributed by atoms with E-state index in [-0.39, 0.29) is 23.5 Å². The van der Waals surface area contributed by atoms with Gasteiger partial charge in [0.15, 0.2) is 0 Å². The van der Waals surface area contributed by atoms with Gasteiger partial charge in [0.2, 0.25) is 5.91 Å². The van der Waals surface area contributed by atoms with E-state index in [1.807, 2.05) is 31.2 Å². The maximum absolute atomic E-state index is 12.9. The van der Waals surface area contributed by atoms with Gasteiger partial charge in [-0.3, -0.25) is 4.79 Å². The van der Waals surface area contributed by atoms with Gasteiger partial charge in [-0.1, -0.05) is 31.0 Å². The number of nitrogens with one attached hydrogen (secondary N) is 1. The molecule has 3 rings (SSSR count). The van der Waals surface area contributed by atoms with E-state index in [1.165, 1.54) is 0 Å². The van der Waals surface area contributed by atoms with Crippen molar-refractivity contribution < 1.29 is 9.53 Å². The van der Waals surface area contributed by atoms with Crippen molar-refractivity contribution in [3.63, 3.8) is 0 Å². The molecular formula is C19H28N2O2. The lowest BCUT2D eigenvalue weighted by molar-refractivity contribution is -0.129. The maximum atomic E-state index is 12.9. The fourth-order valence-electron chi connectivity index (χ4n) is 3.99.